The van der Waals surface area contributed by atoms with Gasteiger partial charge in [0.1, 0.15) is 5.82 Å². The molecule has 2 aromatic rings. The molecule has 2 N–H and O–H groups in total. The normalized spacial score (nSPS) is 21.3. The summed E-state index contributed by atoms with van der Waals surface area (Å²) in [7, 11) is 0. The highest BCUT2D eigenvalue weighted by Crippen LogP contribution is 2.34. The van der Waals surface area contributed by atoms with Gasteiger partial charge < -0.3 is 10.6 Å². The van der Waals surface area contributed by atoms with Crippen LogP contribution in [-0.4, -0.2) is 27.5 Å². The van der Waals surface area contributed by atoms with Gasteiger partial charge in [0, 0.05) is 18.8 Å². The predicted octanol–water partition coefficient (Wildman–Crippen LogP) is 1.99. The molecule has 0 radical (unpaired) electrons. The quantitative estimate of drug-likeness (QED) is 0.777. The lowest BCUT2D eigenvalue weighted by atomic mass is 10.0. The number of anilines is 2. The first kappa shape index (κ1) is 10.7. The van der Waals surface area contributed by atoms with Crippen LogP contribution < -0.4 is 10.6 Å². The summed E-state index contributed by atoms with van der Waals surface area (Å²) in [4.78, 5) is 15.6. The Labute approximate surface area is 111 Å². The van der Waals surface area contributed by atoms with Gasteiger partial charge in [-0.3, -0.25) is 4.98 Å². The fourth-order valence-corrected chi connectivity index (χ4v) is 3.06. The highest BCUT2D eigenvalue weighted by molar-refractivity contribution is 5.97. The van der Waals surface area contributed by atoms with Crippen molar-refractivity contribution in [2.45, 2.75) is 25.3 Å². The Bertz CT molecular complexity index is 679. The van der Waals surface area contributed by atoms with E-state index in [-0.39, 0.29) is 0 Å². The maximum absolute atomic E-state index is 5.86. The molecular formula is C14H15N5. The molecule has 1 atom stereocenters. The molecule has 5 nitrogen and oxygen atoms in total. The summed E-state index contributed by atoms with van der Waals surface area (Å²) >= 11 is 0. The number of pyridine rings is 1. The van der Waals surface area contributed by atoms with Gasteiger partial charge in [-0.1, -0.05) is 6.08 Å². The lowest BCUT2D eigenvalue weighted by Gasteiger charge is -2.34. The van der Waals surface area contributed by atoms with Crippen molar-refractivity contribution in [3.05, 3.63) is 24.0 Å². The van der Waals surface area contributed by atoms with Crippen molar-refractivity contribution in [2.24, 2.45) is 0 Å². The highest BCUT2D eigenvalue weighted by atomic mass is 15.2. The minimum absolute atomic E-state index is 0.339. The zero-order valence-electron chi connectivity index (χ0n) is 10.6. The van der Waals surface area contributed by atoms with Gasteiger partial charge in [-0.05, 0) is 31.4 Å². The van der Waals surface area contributed by atoms with Crippen LogP contribution in [0, 0.1) is 0 Å². The van der Waals surface area contributed by atoms with E-state index in [9.17, 15) is 0 Å². The van der Waals surface area contributed by atoms with E-state index in [1.54, 1.807) is 6.20 Å². The third kappa shape index (κ3) is 1.58. The topological polar surface area (TPSA) is 67.9 Å². The van der Waals surface area contributed by atoms with Gasteiger partial charge in [-0.25, -0.2) is 4.98 Å². The number of nitrogens with two attached hydrogens (primary N) is 1. The number of hydrogen-bond donors (Lipinski definition) is 1. The molecule has 5 heteroatoms. The molecule has 0 bridgehead atoms. The third-order valence-corrected chi connectivity index (χ3v) is 3.93. The summed E-state index contributed by atoms with van der Waals surface area (Å²) in [5, 5.41) is 1.03. The lowest BCUT2D eigenvalue weighted by molar-refractivity contribution is 0.513. The van der Waals surface area contributed by atoms with E-state index in [0.717, 1.165) is 35.4 Å². The first-order valence-electron chi connectivity index (χ1n) is 6.70. The molecule has 4 heterocycles. The molecule has 0 aliphatic carbocycles. The molecule has 19 heavy (non-hydrogen) atoms. The van der Waals surface area contributed by atoms with Crippen molar-refractivity contribution < 1.29 is 0 Å². The van der Waals surface area contributed by atoms with Gasteiger partial charge >= 0.3 is 0 Å². The summed E-state index contributed by atoms with van der Waals surface area (Å²) < 4.78 is 0. The van der Waals surface area contributed by atoms with E-state index in [2.05, 4.69) is 32.0 Å². The van der Waals surface area contributed by atoms with Crippen molar-refractivity contribution in [3.8, 4) is 0 Å². The SMILES string of the molecule is Nc1nc2c3c(nccc3n1)C=CC1CCCCN21. The maximum Gasteiger partial charge on any atom is 0.222 e. The van der Waals surface area contributed by atoms with Crippen molar-refractivity contribution >= 4 is 28.7 Å². The molecule has 2 aromatic heterocycles. The van der Waals surface area contributed by atoms with Crippen molar-refractivity contribution in [1.29, 1.82) is 0 Å². The molecule has 2 aliphatic heterocycles. The molecule has 1 fully saturated rings. The number of nitrogens with zero attached hydrogens (tertiary/aromatic N) is 4. The van der Waals surface area contributed by atoms with Gasteiger partial charge in [0.15, 0.2) is 0 Å². The van der Waals surface area contributed by atoms with Gasteiger partial charge in [-0.15, -0.1) is 0 Å². The molecule has 4 rings (SSSR count). The van der Waals surface area contributed by atoms with E-state index in [1.165, 1.54) is 12.8 Å². The second-order valence-electron chi connectivity index (χ2n) is 5.11. The molecule has 0 amide bonds. The Balaban J connectivity index is 2.05. The zero-order chi connectivity index (χ0) is 12.8. The Morgan fingerprint density at radius 3 is 3.16 bits per heavy atom. The molecule has 1 unspecified atom stereocenters. The van der Waals surface area contributed by atoms with Gasteiger partial charge in [0.05, 0.1) is 16.6 Å². The van der Waals surface area contributed by atoms with Crippen LogP contribution in [0.2, 0.25) is 0 Å². The molecule has 0 spiro atoms. The Morgan fingerprint density at radius 2 is 2.21 bits per heavy atom. The van der Waals surface area contributed by atoms with Crippen LogP contribution in [0.25, 0.3) is 17.0 Å². The standard InChI is InChI=1S/C14H15N5/c15-14-17-11-6-7-16-10-5-4-9-3-1-2-8-19(9)13(18-14)12(10)11/h4-7,9H,1-3,8H2,(H2,15,17,18). The van der Waals surface area contributed by atoms with Gasteiger partial charge in [-0.2, -0.15) is 4.98 Å². The number of aromatic nitrogens is 3. The number of fused-ring (bicyclic) bond motifs is 2. The molecule has 0 aromatic carbocycles. The van der Waals surface area contributed by atoms with Crippen LogP contribution in [0.5, 0.6) is 0 Å². The minimum Gasteiger partial charge on any atom is -0.368 e. The molecule has 0 saturated carbocycles. The van der Waals surface area contributed by atoms with E-state index in [0.29, 0.717) is 12.0 Å². The average Bonchev–Trinajstić information content (AvgIpc) is 2.59. The van der Waals surface area contributed by atoms with E-state index < -0.39 is 0 Å². The fraction of sp³-hybridized carbons (Fsp3) is 0.357. The fourth-order valence-electron chi connectivity index (χ4n) is 3.06. The Morgan fingerprint density at radius 1 is 1.26 bits per heavy atom. The summed E-state index contributed by atoms with van der Waals surface area (Å²) in [5.74, 6) is 1.28. The Kier molecular flexibility index (Phi) is 2.21. The third-order valence-electron chi connectivity index (χ3n) is 3.93. The predicted molar refractivity (Wildman–Crippen MR) is 75.8 cm³/mol. The first-order valence-corrected chi connectivity index (χ1v) is 6.70. The summed E-state index contributed by atoms with van der Waals surface area (Å²) in [5.41, 5.74) is 7.68. The second-order valence-corrected chi connectivity index (χ2v) is 5.11. The van der Waals surface area contributed by atoms with Crippen LogP contribution in [0.15, 0.2) is 18.3 Å². The second kappa shape index (κ2) is 3.91. The van der Waals surface area contributed by atoms with E-state index in [1.807, 2.05) is 6.07 Å². The largest absolute Gasteiger partial charge is 0.368 e. The van der Waals surface area contributed by atoms with Gasteiger partial charge in [0.25, 0.3) is 0 Å². The van der Waals surface area contributed by atoms with Crippen molar-refractivity contribution in [2.75, 3.05) is 17.2 Å². The summed E-state index contributed by atoms with van der Waals surface area (Å²) in [6.45, 7) is 1.02. The zero-order valence-corrected chi connectivity index (χ0v) is 10.6. The number of piperidine rings is 1. The van der Waals surface area contributed by atoms with E-state index in [4.69, 9.17) is 5.73 Å². The smallest absolute Gasteiger partial charge is 0.222 e. The van der Waals surface area contributed by atoms with Crippen LogP contribution >= 0.6 is 0 Å². The van der Waals surface area contributed by atoms with Crippen LogP contribution in [0.3, 0.4) is 0 Å². The number of hydrogen-bond acceptors (Lipinski definition) is 5. The molecular weight excluding hydrogens is 238 g/mol. The van der Waals surface area contributed by atoms with Gasteiger partial charge in [0.2, 0.25) is 5.95 Å². The van der Waals surface area contributed by atoms with E-state index >= 15 is 0 Å². The number of rotatable bonds is 0. The average molecular weight is 253 g/mol. The molecule has 2 aliphatic rings. The van der Waals surface area contributed by atoms with Crippen LogP contribution in [-0.2, 0) is 0 Å². The number of nitrogen functional groups attached to an aromatic ring is 1. The first-order chi connectivity index (χ1) is 9.33. The summed E-state index contributed by atoms with van der Waals surface area (Å²) in [6, 6.07) is 2.30. The van der Waals surface area contributed by atoms with Crippen LogP contribution in [0.1, 0.15) is 25.0 Å². The van der Waals surface area contributed by atoms with Crippen molar-refractivity contribution in [1.82, 2.24) is 15.0 Å². The van der Waals surface area contributed by atoms with Crippen LogP contribution in [0.4, 0.5) is 11.8 Å². The maximum atomic E-state index is 5.86. The van der Waals surface area contributed by atoms with Crippen molar-refractivity contribution in [3.63, 3.8) is 0 Å². The highest BCUT2D eigenvalue weighted by Gasteiger charge is 2.27. The minimum atomic E-state index is 0.339. The monoisotopic (exact) mass is 253 g/mol. The Hall–Kier alpha value is -2.17. The molecule has 96 valence electrons. The lowest BCUT2D eigenvalue weighted by Crippen LogP contribution is -2.38. The summed E-state index contributed by atoms with van der Waals surface area (Å²) in [6.07, 6.45) is 9.74. The molecule has 1 saturated heterocycles.